The maximum Gasteiger partial charge on any atom is 0.416 e. The maximum atomic E-state index is 14.2. The van der Waals surface area contributed by atoms with Gasteiger partial charge in [0.05, 0.1) is 33.6 Å². The van der Waals surface area contributed by atoms with Gasteiger partial charge in [-0.05, 0) is 140 Å². The molecule has 0 fully saturated rings. The van der Waals surface area contributed by atoms with Crippen molar-refractivity contribution < 1.29 is 26.3 Å². The van der Waals surface area contributed by atoms with Crippen molar-refractivity contribution in [2.75, 3.05) is 9.80 Å². The van der Waals surface area contributed by atoms with Gasteiger partial charge in [-0.25, -0.2) is 0 Å². The van der Waals surface area contributed by atoms with E-state index in [9.17, 15) is 26.3 Å². The number of nitrogens with zero attached hydrogens (tertiary/aromatic N) is 2. The molecule has 0 bridgehead atoms. The lowest BCUT2D eigenvalue weighted by atomic mass is 9.70. The summed E-state index contributed by atoms with van der Waals surface area (Å²) in [6.45, 7) is 0. The molecule has 1 spiro atoms. The van der Waals surface area contributed by atoms with E-state index >= 15 is 0 Å². The predicted molar refractivity (Wildman–Crippen MR) is 275 cm³/mol. The third-order valence-electron chi connectivity index (χ3n) is 14.5. The molecule has 71 heavy (non-hydrogen) atoms. The minimum atomic E-state index is -4.53. The van der Waals surface area contributed by atoms with E-state index in [0.717, 1.165) is 124 Å². The fourth-order valence-corrected chi connectivity index (χ4v) is 11.5. The van der Waals surface area contributed by atoms with E-state index in [1.807, 2.05) is 114 Å². The monoisotopic (exact) mass is 936 g/mol. The lowest BCUT2D eigenvalue weighted by Gasteiger charge is -2.34. The van der Waals surface area contributed by atoms with Crippen LogP contribution in [0.4, 0.5) is 60.5 Å². The minimum Gasteiger partial charge on any atom is -0.310 e. The lowest BCUT2D eigenvalue weighted by Crippen LogP contribution is -2.26. The number of halogens is 6. The molecule has 0 amide bonds. The fourth-order valence-electron chi connectivity index (χ4n) is 11.5. The Morgan fingerprint density at radius 3 is 1.28 bits per heavy atom. The Morgan fingerprint density at radius 2 is 0.732 bits per heavy atom. The van der Waals surface area contributed by atoms with E-state index in [1.165, 1.54) is 12.1 Å². The van der Waals surface area contributed by atoms with Crippen molar-refractivity contribution >= 4 is 66.4 Å². The number of anilines is 6. The summed E-state index contributed by atoms with van der Waals surface area (Å²) in [5, 5.41) is 5.67. The van der Waals surface area contributed by atoms with Gasteiger partial charge in [-0.2, -0.15) is 26.3 Å². The molecule has 0 heterocycles. The molecule has 8 heteroatoms. The van der Waals surface area contributed by atoms with Crippen molar-refractivity contribution in [3.05, 3.63) is 264 Å². The second-order valence-corrected chi connectivity index (χ2v) is 18.2. The van der Waals surface area contributed by atoms with Crippen molar-refractivity contribution in [2.45, 2.75) is 17.8 Å². The van der Waals surface area contributed by atoms with Gasteiger partial charge < -0.3 is 9.80 Å². The highest BCUT2D eigenvalue weighted by Crippen LogP contribution is 2.65. The van der Waals surface area contributed by atoms with E-state index < -0.39 is 28.9 Å². The Morgan fingerprint density at radius 1 is 0.296 bits per heavy atom. The van der Waals surface area contributed by atoms with Gasteiger partial charge in [-0.15, -0.1) is 0 Å². The first-order valence-corrected chi connectivity index (χ1v) is 23.3. The SMILES string of the molecule is FC(F)(F)c1ccc(N(c2ccc3c(c2)C2(c4ccccc4-c4ccccc42)c2cc(N(c4ccc(C(F)(F)F)cc4)c4cccc5ccccc45)c4ccccc4c2-3)c2cccc3ccccc23)cc1. The largest absolute Gasteiger partial charge is 0.416 e. The van der Waals surface area contributed by atoms with Crippen molar-refractivity contribution in [3.63, 3.8) is 0 Å². The van der Waals surface area contributed by atoms with Crippen LogP contribution < -0.4 is 9.80 Å². The van der Waals surface area contributed by atoms with Crippen molar-refractivity contribution in [1.29, 1.82) is 0 Å². The van der Waals surface area contributed by atoms with Crippen LogP contribution in [0.5, 0.6) is 0 Å². The topological polar surface area (TPSA) is 6.48 Å². The van der Waals surface area contributed by atoms with Crippen LogP contribution in [0.3, 0.4) is 0 Å². The highest BCUT2D eigenvalue weighted by molar-refractivity contribution is 6.14. The van der Waals surface area contributed by atoms with Gasteiger partial charge in [0.15, 0.2) is 0 Å². The average molecular weight is 937 g/mol. The number of hydrogen-bond acceptors (Lipinski definition) is 2. The molecular weight excluding hydrogens is 899 g/mol. The molecule has 0 saturated carbocycles. The van der Waals surface area contributed by atoms with Gasteiger partial charge in [-0.3, -0.25) is 0 Å². The normalized spacial score (nSPS) is 13.3. The van der Waals surface area contributed by atoms with Gasteiger partial charge in [-0.1, -0.05) is 152 Å². The molecule has 2 aliphatic rings. The predicted octanol–water partition coefficient (Wildman–Crippen LogP) is 18.5. The number of benzene rings is 11. The molecule has 0 unspecified atom stereocenters. The van der Waals surface area contributed by atoms with Crippen LogP contribution in [-0.2, 0) is 17.8 Å². The quantitative estimate of drug-likeness (QED) is 0.153. The van der Waals surface area contributed by atoms with Gasteiger partial charge in [0, 0.05) is 33.2 Å². The molecule has 2 aliphatic carbocycles. The van der Waals surface area contributed by atoms with Crippen LogP contribution in [0.2, 0.25) is 0 Å². The van der Waals surface area contributed by atoms with Gasteiger partial charge >= 0.3 is 12.4 Å². The van der Waals surface area contributed by atoms with E-state index in [2.05, 4.69) is 77.7 Å². The Labute approximate surface area is 404 Å². The highest BCUT2D eigenvalue weighted by Gasteiger charge is 2.53. The van der Waals surface area contributed by atoms with Gasteiger partial charge in [0.25, 0.3) is 0 Å². The first-order chi connectivity index (χ1) is 34.5. The number of alkyl halides is 6. The van der Waals surface area contributed by atoms with E-state index in [0.29, 0.717) is 11.4 Å². The Bertz CT molecular complexity index is 3870. The standard InChI is InChI=1S/C63H38F6N2/c64-62(65,66)41-27-31-43(32-28-41)70(57-25-11-15-39-13-1-3-17-46(39)57)45-35-36-52-55(37-45)61(53-23-9-7-19-48(53)49-20-8-10-24-54(49)61)56-38-59(50-21-5-6-22-51(50)60(52)56)71(44-33-29-42(30-34-44)63(67,68)69)58-26-12-16-40-14-2-4-18-47(40)58/h1-38H. The first kappa shape index (κ1) is 42.5. The van der Waals surface area contributed by atoms with Crippen molar-refractivity contribution in [3.8, 4) is 22.3 Å². The summed E-state index contributed by atoms with van der Waals surface area (Å²) in [6, 6.07) is 72.5. The molecule has 2 nitrogen and oxygen atoms in total. The first-order valence-electron chi connectivity index (χ1n) is 23.3. The molecule has 0 radical (unpaired) electrons. The number of hydrogen-bond donors (Lipinski definition) is 0. The van der Waals surface area contributed by atoms with Crippen molar-refractivity contribution in [1.82, 2.24) is 0 Å². The van der Waals surface area contributed by atoms with Gasteiger partial charge in [0.2, 0.25) is 0 Å². The van der Waals surface area contributed by atoms with Crippen LogP contribution >= 0.6 is 0 Å². The highest BCUT2D eigenvalue weighted by atomic mass is 19.4. The van der Waals surface area contributed by atoms with E-state index in [1.54, 1.807) is 12.1 Å². The Kier molecular flexibility index (Phi) is 9.39. The van der Waals surface area contributed by atoms with Crippen LogP contribution in [-0.4, -0.2) is 0 Å². The van der Waals surface area contributed by atoms with Crippen molar-refractivity contribution in [2.24, 2.45) is 0 Å². The van der Waals surface area contributed by atoms with Crippen LogP contribution in [0.15, 0.2) is 231 Å². The molecule has 11 aromatic rings. The lowest BCUT2D eigenvalue weighted by molar-refractivity contribution is -0.138. The molecule has 342 valence electrons. The zero-order valence-corrected chi connectivity index (χ0v) is 37.6. The summed E-state index contributed by atoms with van der Waals surface area (Å²) in [6.07, 6.45) is -9.05. The second kappa shape index (κ2) is 15.7. The van der Waals surface area contributed by atoms with Gasteiger partial charge in [0.1, 0.15) is 0 Å². The smallest absolute Gasteiger partial charge is 0.310 e. The summed E-state index contributed by atoms with van der Waals surface area (Å²) in [4.78, 5) is 4.13. The summed E-state index contributed by atoms with van der Waals surface area (Å²) in [7, 11) is 0. The fraction of sp³-hybridized carbons (Fsp3) is 0.0476. The second-order valence-electron chi connectivity index (χ2n) is 18.2. The molecule has 0 aliphatic heterocycles. The van der Waals surface area contributed by atoms with Crippen LogP contribution in [0, 0.1) is 0 Å². The number of fused-ring (bicyclic) bond motifs is 14. The van der Waals surface area contributed by atoms with Crippen LogP contribution in [0.1, 0.15) is 33.4 Å². The molecule has 11 aromatic carbocycles. The molecule has 0 saturated heterocycles. The molecule has 0 N–H and O–H groups in total. The average Bonchev–Trinajstić information content (AvgIpc) is 3.86. The Balaban J connectivity index is 1.13. The van der Waals surface area contributed by atoms with E-state index in [-0.39, 0.29) is 0 Å². The minimum absolute atomic E-state index is 0.556. The zero-order valence-electron chi connectivity index (χ0n) is 37.6. The third kappa shape index (κ3) is 6.44. The zero-order chi connectivity index (χ0) is 48.2. The van der Waals surface area contributed by atoms with Crippen LogP contribution in [0.25, 0.3) is 54.6 Å². The third-order valence-corrected chi connectivity index (χ3v) is 14.5. The molecule has 0 aromatic heterocycles. The van der Waals surface area contributed by atoms with E-state index in [4.69, 9.17) is 0 Å². The maximum absolute atomic E-state index is 14.2. The Hall–Kier alpha value is -8.62. The number of rotatable bonds is 6. The molecule has 13 rings (SSSR count). The summed E-state index contributed by atoms with van der Waals surface area (Å²) < 4.78 is 85.0. The summed E-state index contributed by atoms with van der Waals surface area (Å²) in [5.74, 6) is 0. The molecular formula is C63H38F6N2. The summed E-state index contributed by atoms with van der Waals surface area (Å²) in [5.41, 5.74) is 10.1. The summed E-state index contributed by atoms with van der Waals surface area (Å²) >= 11 is 0. The molecule has 0 atom stereocenters.